The van der Waals surface area contributed by atoms with Gasteiger partial charge in [-0.1, -0.05) is 39.5 Å². The molecule has 0 atom stereocenters. The van der Waals surface area contributed by atoms with E-state index in [1.807, 2.05) is 7.05 Å². The summed E-state index contributed by atoms with van der Waals surface area (Å²) in [5.41, 5.74) is 0.145. The molecule has 0 spiro atoms. The van der Waals surface area contributed by atoms with Gasteiger partial charge in [-0.15, -0.1) is 0 Å². The minimum absolute atomic E-state index is 0.145. The molecule has 0 amide bonds. The van der Waals surface area contributed by atoms with Crippen LogP contribution in [0, 0.1) is 5.92 Å². The zero-order valence-corrected chi connectivity index (χ0v) is 12.8. The number of likely N-dealkylation sites (N-methyl/N-ethyl adjacent to an activating group) is 1. The third-order valence-electron chi connectivity index (χ3n) is 4.50. The SMILES string of the molecule is CCCCCCOC1(CNC)CCC(CC)CC1. The van der Waals surface area contributed by atoms with Gasteiger partial charge in [-0.3, -0.25) is 0 Å². The van der Waals surface area contributed by atoms with Gasteiger partial charge >= 0.3 is 0 Å². The molecule has 1 fully saturated rings. The number of nitrogens with one attached hydrogen (secondary N) is 1. The van der Waals surface area contributed by atoms with Gasteiger partial charge in [-0.05, 0) is 45.1 Å². The lowest BCUT2D eigenvalue weighted by atomic mass is 9.77. The van der Waals surface area contributed by atoms with Crippen molar-refractivity contribution in [3.8, 4) is 0 Å². The van der Waals surface area contributed by atoms with Crippen molar-refractivity contribution in [1.82, 2.24) is 5.32 Å². The molecule has 0 heterocycles. The monoisotopic (exact) mass is 255 g/mol. The first-order valence-corrected chi connectivity index (χ1v) is 8.05. The van der Waals surface area contributed by atoms with E-state index >= 15 is 0 Å². The molecule has 0 saturated heterocycles. The van der Waals surface area contributed by atoms with Crippen LogP contribution in [0.1, 0.15) is 71.6 Å². The number of rotatable bonds is 9. The zero-order chi connectivity index (χ0) is 13.3. The van der Waals surface area contributed by atoms with Gasteiger partial charge in [0.2, 0.25) is 0 Å². The normalized spacial score (nSPS) is 28.5. The maximum absolute atomic E-state index is 6.29. The Balaban J connectivity index is 2.30. The summed E-state index contributed by atoms with van der Waals surface area (Å²) in [6.07, 6.45) is 11.8. The van der Waals surface area contributed by atoms with Crippen molar-refractivity contribution in [3.63, 3.8) is 0 Å². The molecule has 108 valence electrons. The van der Waals surface area contributed by atoms with Crippen LogP contribution in [0.5, 0.6) is 0 Å². The highest BCUT2D eigenvalue weighted by Gasteiger charge is 2.34. The third kappa shape index (κ3) is 5.27. The summed E-state index contributed by atoms with van der Waals surface area (Å²) in [6, 6.07) is 0. The summed E-state index contributed by atoms with van der Waals surface area (Å²) in [7, 11) is 2.05. The van der Waals surface area contributed by atoms with Gasteiger partial charge < -0.3 is 10.1 Å². The quantitative estimate of drug-likeness (QED) is 0.625. The fourth-order valence-electron chi connectivity index (χ4n) is 3.12. The highest BCUT2D eigenvalue weighted by molar-refractivity contribution is 4.88. The second-order valence-corrected chi connectivity index (χ2v) is 5.97. The van der Waals surface area contributed by atoms with E-state index in [9.17, 15) is 0 Å². The van der Waals surface area contributed by atoms with E-state index in [0.29, 0.717) is 0 Å². The lowest BCUT2D eigenvalue weighted by molar-refractivity contribution is -0.0767. The number of hydrogen-bond acceptors (Lipinski definition) is 2. The fraction of sp³-hybridized carbons (Fsp3) is 1.00. The number of hydrogen-bond donors (Lipinski definition) is 1. The summed E-state index contributed by atoms with van der Waals surface area (Å²) in [5.74, 6) is 0.943. The molecular weight excluding hydrogens is 222 g/mol. The van der Waals surface area contributed by atoms with Gasteiger partial charge in [0, 0.05) is 13.2 Å². The molecule has 0 aliphatic heterocycles. The zero-order valence-electron chi connectivity index (χ0n) is 12.8. The van der Waals surface area contributed by atoms with Crippen molar-refractivity contribution >= 4 is 0 Å². The van der Waals surface area contributed by atoms with Crippen molar-refractivity contribution in [3.05, 3.63) is 0 Å². The van der Waals surface area contributed by atoms with Gasteiger partial charge in [-0.2, -0.15) is 0 Å². The molecule has 18 heavy (non-hydrogen) atoms. The van der Waals surface area contributed by atoms with Gasteiger partial charge in [0.25, 0.3) is 0 Å². The maximum atomic E-state index is 6.29. The summed E-state index contributed by atoms with van der Waals surface area (Å²) >= 11 is 0. The summed E-state index contributed by atoms with van der Waals surface area (Å²) in [4.78, 5) is 0. The standard InChI is InChI=1S/C16H33NO/c1-4-6-7-8-13-18-16(14-17-3)11-9-15(5-2)10-12-16/h15,17H,4-14H2,1-3H3. The van der Waals surface area contributed by atoms with Gasteiger partial charge in [-0.25, -0.2) is 0 Å². The van der Waals surface area contributed by atoms with Gasteiger partial charge in [0.15, 0.2) is 0 Å². The molecule has 0 unspecified atom stereocenters. The number of ether oxygens (including phenoxy) is 1. The van der Waals surface area contributed by atoms with Crippen LogP contribution >= 0.6 is 0 Å². The first-order valence-electron chi connectivity index (χ1n) is 8.05. The Hall–Kier alpha value is -0.0800. The molecule has 2 nitrogen and oxygen atoms in total. The average molecular weight is 255 g/mol. The van der Waals surface area contributed by atoms with Crippen molar-refractivity contribution in [1.29, 1.82) is 0 Å². The Kier molecular flexibility index (Phi) is 7.92. The Morgan fingerprint density at radius 3 is 2.39 bits per heavy atom. The molecule has 1 aliphatic rings. The highest BCUT2D eigenvalue weighted by atomic mass is 16.5. The predicted octanol–water partition coefficient (Wildman–Crippen LogP) is 4.14. The summed E-state index contributed by atoms with van der Waals surface area (Å²) < 4.78 is 6.29. The summed E-state index contributed by atoms with van der Waals surface area (Å²) in [5, 5.41) is 3.34. The van der Waals surface area contributed by atoms with Crippen LogP contribution in [0.2, 0.25) is 0 Å². The minimum atomic E-state index is 0.145. The van der Waals surface area contributed by atoms with Crippen LogP contribution in [0.15, 0.2) is 0 Å². The van der Waals surface area contributed by atoms with Crippen molar-refractivity contribution < 1.29 is 4.74 Å². The molecule has 1 aliphatic carbocycles. The second-order valence-electron chi connectivity index (χ2n) is 5.97. The number of unbranched alkanes of at least 4 members (excludes halogenated alkanes) is 3. The molecule has 0 aromatic rings. The van der Waals surface area contributed by atoms with E-state index in [0.717, 1.165) is 19.1 Å². The Morgan fingerprint density at radius 1 is 1.11 bits per heavy atom. The van der Waals surface area contributed by atoms with E-state index in [-0.39, 0.29) is 5.60 Å². The molecule has 1 N–H and O–H groups in total. The highest BCUT2D eigenvalue weighted by Crippen LogP contribution is 2.36. The second kappa shape index (κ2) is 8.92. The molecule has 2 heteroatoms. The first kappa shape index (κ1) is 16.0. The van der Waals surface area contributed by atoms with Crippen LogP contribution in [-0.4, -0.2) is 25.8 Å². The van der Waals surface area contributed by atoms with Crippen LogP contribution in [-0.2, 0) is 4.74 Å². The van der Waals surface area contributed by atoms with E-state index < -0.39 is 0 Å². The van der Waals surface area contributed by atoms with E-state index in [1.165, 1.54) is 57.8 Å². The van der Waals surface area contributed by atoms with Crippen LogP contribution < -0.4 is 5.32 Å². The molecule has 0 aromatic carbocycles. The Labute approximate surface area is 114 Å². The lowest BCUT2D eigenvalue weighted by Gasteiger charge is -2.40. The van der Waals surface area contributed by atoms with Crippen molar-refractivity contribution in [2.75, 3.05) is 20.2 Å². The molecule has 0 bridgehead atoms. The third-order valence-corrected chi connectivity index (χ3v) is 4.50. The van der Waals surface area contributed by atoms with Gasteiger partial charge in [0.1, 0.15) is 0 Å². The van der Waals surface area contributed by atoms with Crippen LogP contribution in [0.25, 0.3) is 0 Å². The fourth-order valence-corrected chi connectivity index (χ4v) is 3.12. The van der Waals surface area contributed by atoms with Crippen molar-refractivity contribution in [2.24, 2.45) is 5.92 Å². The average Bonchev–Trinajstić information content (AvgIpc) is 2.40. The lowest BCUT2D eigenvalue weighted by Crippen LogP contribution is -2.45. The predicted molar refractivity (Wildman–Crippen MR) is 79.0 cm³/mol. The smallest absolute Gasteiger partial charge is 0.0806 e. The van der Waals surface area contributed by atoms with Gasteiger partial charge in [0.05, 0.1) is 5.60 Å². The Morgan fingerprint density at radius 2 is 1.83 bits per heavy atom. The van der Waals surface area contributed by atoms with E-state index in [2.05, 4.69) is 19.2 Å². The molecule has 0 aromatic heterocycles. The van der Waals surface area contributed by atoms with Crippen molar-refractivity contribution in [2.45, 2.75) is 77.2 Å². The van der Waals surface area contributed by atoms with E-state index in [4.69, 9.17) is 4.74 Å². The minimum Gasteiger partial charge on any atom is -0.374 e. The molecule has 0 radical (unpaired) electrons. The Bertz CT molecular complexity index is 197. The molecular formula is C16H33NO. The molecule has 1 saturated carbocycles. The van der Waals surface area contributed by atoms with Crippen LogP contribution in [0.3, 0.4) is 0 Å². The van der Waals surface area contributed by atoms with Crippen LogP contribution in [0.4, 0.5) is 0 Å². The summed E-state index contributed by atoms with van der Waals surface area (Å²) in [6.45, 7) is 6.56. The maximum Gasteiger partial charge on any atom is 0.0806 e. The molecule has 1 rings (SSSR count). The van der Waals surface area contributed by atoms with E-state index in [1.54, 1.807) is 0 Å². The largest absolute Gasteiger partial charge is 0.374 e. The topological polar surface area (TPSA) is 21.3 Å². The first-order chi connectivity index (χ1) is 8.76.